The summed E-state index contributed by atoms with van der Waals surface area (Å²) in [5, 5.41) is 0. The van der Waals surface area contributed by atoms with Crippen molar-refractivity contribution in [2.45, 2.75) is 174 Å². The van der Waals surface area contributed by atoms with Gasteiger partial charge >= 0.3 is 0 Å². The van der Waals surface area contributed by atoms with Crippen LogP contribution in [0.15, 0.2) is 127 Å². The number of hydrogen-bond donors (Lipinski definition) is 0. The minimum atomic E-state index is -0.212. The number of rotatable bonds is 5. The summed E-state index contributed by atoms with van der Waals surface area (Å²) in [6.07, 6.45) is 4.61. The van der Waals surface area contributed by atoms with E-state index in [9.17, 15) is 0 Å². The predicted octanol–water partition coefficient (Wildman–Crippen LogP) is 16.6. The van der Waals surface area contributed by atoms with Crippen LogP contribution < -0.4 is 26.2 Å². The summed E-state index contributed by atoms with van der Waals surface area (Å²) in [7, 11) is 0. The summed E-state index contributed by atoms with van der Waals surface area (Å²) in [5.74, 6) is 0. The Morgan fingerprint density at radius 3 is 1.36 bits per heavy atom. The van der Waals surface area contributed by atoms with E-state index in [1.165, 1.54) is 130 Å². The molecule has 2 nitrogen and oxygen atoms in total. The summed E-state index contributed by atoms with van der Waals surface area (Å²) in [6, 6.07) is 50.7. The van der Waals surface area contributed by atoms with Gasteiger partial charge in [-0.1, -0.05) is 182 Å². The number of aryl methyl sites for hydroxylation is 2. The van der Waals surface area contributed by atoms with Crippen molar-refractivity contribution in [3.05, 3.63) is 183 Å². The van der Waals surface area contributed by atoms with E-state index in [-0.39, 0.29) is 44.6 Å². The molecule has 0 amide bonds. The van der Waals surface area contributed by atoms with E-state index in [1.54, 1.807) is 0 Å². The number of fused-ring (bicyclic) bond motifs is 7. The van der Waals surface area contributed by atoms with Gasteiger partial charge in [-0.05, 0) is 192 Å². The Hall–Kier alpha value is -5.80. The number of anilines is 6. The Balaban J connectivity index is 1.21. The van der Waals surface area contributed by atoms with E-state index in [0.717, 1.165) is 12.8 Å². The minimum Gasteiger partial charge on any atom is -0.311 e. The molecule has 2 aliphatic heterocycles. The van der Waals surface area contributed by atoms with Gasteiger partial charge in [0, 0.05) is 39.4 Å². The highest BCUT2D eigenvalue weighted by atomic mass is 15.2. The van der Waals surface area contributed by atoms with Crippen LogP contribution in [-0.2, 0) is 37.9 Å². The van der Waals surface area contributed by atoms with E-state index in [2.05, 4.69) is 248 Å². The Labute approximate surface area is 433 Å². The van der Waals surface area contributed by atoms with E-state index in [1.807, 2.05) is 0 Å². The second-order valence-corrected chi connectivity index (χ2v) is 27.7. The molecule has 0 unspecified atom stereocenters. The Morgan fingerprint density at radius 2 is 0.833 bits per heavy atom. The molecular formula is C69H77BN2. The molecule has 3 aliphatic carbocycles. The van der Waals surface area contributed by atoms with Crippen molar-refractivity contribution in [1.82, 2.24) is 0 Å². The van der Waals surface area contributed by atoms with Crippen LogP contribution in [0.4, 0.5) is 34.1 Å². The fraction of sp³-hybridized carbons (Fsp3) is 0.391. The predicted molar refractivity (Wildman–Crippen MR) is 311 cm³/mol. The summed E-state index contributed by atoms with van der Waals surface area (Å²) in [5.41, 5.74) is 28.9. The van der Waals surface area contributed by atoms with Crippen LogP contribution in [0.5, 0.6) is 0 Å². The second kappa shape index (κ2) is 15.1. The summed E-state index contributed by atoms with van der Waals surface area (Å²) >= 11 is 0. The molecule has 72 heavy (non-hydrogen) atoms. The van der Waals surface area contributed by atoms with Crippen LogP contribution in [-0.4, -0.2) is 6.71 Å². The Bertz CT molecular complexity index is 3420. The third-order valence-electron chi connectivity index (χ3n) is 19.1. The molecule has 0 saturated carbocycles. The van der Waals surface area contributed by atoms with E-state index >= 15 is 0 Å². The summed E-state index contributed by atoms with van der Waals surface area (Å²) in [6.45, 7) is 39.3. The van der Waals surface area contributed by atoms with Crippen LogP contribution in [0.3, 0.4) is 0 Å². The average Bonchev–Trinajstić information content (AvgIpc) is 3.62. The average molecular weight is 945 g/mol. The fourth-order valence-corrected chi connectivity index (χ4v) is 15.5. The molecule has 0 radical (unpaired) electrons. The highest BCUT2D eigenvalue weighted by Crippen LogP contribution is 2.57. The van der Waals surface area contributed by atoms with Gasteiger partial charge < -0.3 is 9.80 Å². The quantitative estimate of drug-likeness (QED) is 0.159. The molecule has 0 spiro atoms. The maximum absolute atomic E-state index is 2.75. The first-order valence-corrected chi connectivity index (χ1v) is 27.3. The molecule has 7 aromatic carbocycles. The van der Waals surface area contributed by atoms with Crippen molar-refractivity contribution in [1.29, 1.82) is 0 Å². The van der Waals surface area contributed by atoms with Gasteiger partial charge in [0.1, 0.15) is 0 Å². The number of nitrogens with zero attached hydrogens (tertiary/aromatic N) is 2. The molecule has 2 heterocycles. The Kier molecular flexibility index (Phi) is 9.94. The SMILES string of the molecule is Cc1cc2c3c(c1)N(c1ccc(C(C)(C)c4ccccc4)cc1-c1ccccc1)c1cc4c(cc1B3c1cc3c(cc1N2c1cc2c(cc1C)C(C)(C)CC2(C)C)C(C)(C)CCC3(C)C)C(C)(C)CC4(C)C. The first-order valence-electron chi connectivity index (χ1n) is 27.3. The highest BCUT2D eigenvalue weighted by molar-refractivity contribution is 7.00. The molecule has 7 aromatic rings. The third-order valence-corrected chi connectivity index (χ3v) is 19.1. The van der Waals surface area contributed by atoms with Gasteiger partial charge in [-0.15, -0.1) is 0 Å². The maximum Gasteiger partial charge on any atom is 0.252 e. The van der Waals surface area contributed by atoms with Crippen LogP contribution in [0.25, 0.3) is 11.1 Å². The van der Waals surface area contributed by atoms with Gasteiger partial charge in [-0.3, -0.25) is 0 Å². The van der Waals surface area contributed by atoms with Gasteiger partial charge in [-0.2, -0.15) is 0 Å². The van der Waals surface area contributed by atoms with Gasteiger partial charge in [0.25, 0.3) is 6.71 Å². The molecule has 0 aromatic heterocycles. The largest absolute Gasteiger partial charge is 0.311 e. The molecule has 5 aliphatic rings. The Morgan fingerprint density at radius 1 is 0.403 bits per heavy atom. The molecule has 12 rings (SSSR count). The van der Waals surface area contributed by atoms with Gasteiger partial charge in [0.05, 0.1) is 5.69 Å². The topological polar surface area (TPSA) is 6.48 Å². The monoisotopic (exact) mass is 945 g/mol. The van der Waals surface area contributed by atoms with Crippen LogP contribution in [0.2, 0.25) is 0 Å². The molecule has 366 valence electrons. The first-order chi connectivity index (χ1) is 33.7. The van der Waals surface area contributed by atoms with E-state index in [4.69, 9.17) is 0 Å². The molecule has 0 saturated heterocycles. The van der Waals surface area contributed by atoms with E-state index < -0.39 is 0 Å². The minimum absolute atomic E-state index is 0.0206. The molecule has 0 fully saturated rings. The van der Waals surface area contributed by atoms with Crippen LogP contribution >= 0.6 is 0 Å². The smallest absolute Gasteiger partial charge is 0.252 e. The van der Waals surface area contributed by atoms with Crippen LogP contribution in [0, 0.1) is 13.8 Å². The molecule has 0 atom stereocenters. The lowest BCUT2D eigenvalue weighted by Gasteiger charge is -2.48. The fourth-order valence-electron chi connectivity index (χ4n) is 15.5. The molecule has 3 heteroatoms. The third kappa shape index (κ3) is 6.80. The van der Waals surface area contributed by atoms with Crippen molar-refractivity contribution < 1.29 is 0 Å². The van der Waals surface area contributed by atoms with Crippen molar-refractivity contribution in [2.24, 2.45) is 0 Å². The maximum atomic E-state index is 2.75. The number of hydrogen-bond acceptors (Lipinski definition) is 2. The zero-order chi connectivity index (χ0) is 51.0. The van der Waals surface area contributed by atoms with Crippen LogP contribution in [0.1, 0.15) is 178 Å². The summed E-state index contributed by atoms with van der Waals surface area (Å²) in [4.78, 5) is 5.47. The van der Waals surface area contributed by atoms with Crippen molar-refractivity contribution in [3.8, 4) is 11.1 Å². The standard InChI is InChI=1S/C69H77BN2/c1-42-31-60-62-61(32-42)72(57-37-52-48(33-43(57)2)65(7,8)40-67(52,11)12)59-38-51-49(63(3,4)29-30-64(51,5)6)35-54(59)70(62)55-36-50-53(68(13,14)41-66(50,9)10)39-58(55)71(60)56-28-27-46(34-47(56)44-23-19-17-20-24-44)69(15,16)45-25-21-18-22-26-45/h17-28,31-39H,29-30,40-41H2,1-16H3. The lowest BCUT2D eigenvalue weighted by Crippen LogP contribution is -2.62. The van der Waals surface area contributed by atoms with Crippen molar-refractivity contribution >= 4 is 57.2 Å². The molecule has 0 bridgehead atoms. The number of benzene rings is 7. The normalized spacial score (nSPS) is 19.8. The van der Waals surface area contributed by atoms with Gasteiger partial charge in [0.2, 0.25) is 0 Å². The van der Waals surface area contributed by atoms with Crippen molar-refractivity contribution in [2.75, 3.05) is 9.80 Å². The first kappa shape index (κ1) is 47.2. The zero-order valence-corrected chi connectivity index (χ0v) is 46.4. The lowest BCUT2D eigenvalue weighted by atomic mass is 9.32. The van der Waals surface area contributed by atoms with Crippen molar-refractivity contribution in [3.63, 3.8) is 0 Å². The zero-order valence-electron chi connectivity index (χ0n) is 46.4. The molecule has 0 N–H and O–H groups in total. The molecular weight excluding hydrogens is 868 g/mol. The van der Waals surface area contributed by atoms with E-state index in [0.29, 0.717) is 0 Å². The lowest BCUT2D eigenvalue weighted by molar-refractivity contribution is 0.332. The van der Waals surface area contributed by atoms with Gasteiger partial charge in [-0.25, -0.2) is 0 Å². The van der Waals surface area contributed by atoms with Gasteiger partial charge in [0.15, 0.2) is 0 Å². The summed E-state index contributed by atoms with van der Waals surface area (Å²) < 4.78 is 0. The second-order valence-electron chi connectivity index (χ2n) is 27.7. The highest BCUT2D eigenvalue weighted by Gasteiger charge is 2.51.